The highest BCUT2D eigenvalue weighted by atomic mass is 79.9. The van der Waals surface area contributed by atoms with Crippen molar-refractivity contribution in [3.05, 3.63) is 40.0 Å². The number of halogens is 2. The minimum Gasteiger partial charge on any atom is -0.364 e. The molecule has 0 saturated carbocycles. The lowest BCUT2D eigenvalue weighted by Gasteiger charge is -1.99. The van der Waals surface area contributed by atoms with Gasteiger partial charge in [-0.25, -0.2) is 0 Å². The maximum absolute atomic E-state index is 5.99. The summed E-state index contributed by atoms with van der Waals surface area (Å²) < 4.78 is 5.71. The predicted octanol–water partition coefficient (Wildman–Crippen LogP) is 3.76. The first-order valence-corrected chi connectivity index (χ1v) is 4.80. The Morgan fingerprint density at radius 3 is 2.85 bits per heavy atom. The SMILES string of the molecule is Clc1ccc(Br)cc1-c1ccon1. The fourth-order valence-corrected chi connectivity index (χ4v) is 1.62. The molecule has 0 N–H and O–H groups in total. The van der Waals surface area contributed by atoms with E-state index in [1.54, 1.807) is 6.07 Å². The Labute approximate surface area is 88.6 Å². The van der Waals surface area contributed by atoms with Crippen molar-refractivity contribution in [2.24, 2.45) is 0 Å². The van der Waals surface area contributed by atoms with E-state index in [-0.39, 0.29) is 0 Å². The summed E-state index contributed by atoms with van der Waals surface area (Å²) in [6.45, 7) is 0. The van der Waals surface area contributed by atoms with Crippen molar-refractivity contribution in [3.63, 3.8) is 0 Å². The van der Waals surface area contributed by atoms with Gasteiger partial charge < -0.3 is 4.52 Å². The molecule has 0 spiro atoms. The van der Waals surface area contributed by atoms with Crippen LogP contribution in [-0.4, -0.2) is 5.16 Å². The maximum atomic E-state index is 5.99. The van der Waals surface area contributed by atoms with Gasteiger partial charge in [-0.2, -0.15) is 0 Å². The van der Waals surface area contributed by atoms with Gasteiger partial charge in [0.25, 0.3) is 0 Å². The van der Waals surface area contributed by atoms with Crippen LogP contribution in [0, 0.1) is 0 Å². The molecule has 0 aliphatic rings. The second kappa shape index (κ2) is 3.52. The van der Waals surface area contributed by atoms with Crippen LogP contribution in [-0.2, 0) is 0 Å². The lowest BCUT2D eigenvalue weighted by molar-refractivity contribution is 0.422. The highest BCUT2D eigenvalue weighted by Crippen LogP contribution is 2.29. The Morgan fingerprint density at radius 2 is 2.15 bits per heavy atom. The Hall–Kier alpha value is -0.800. The summed E-state index contributed by atoms with van der Waals surface area (Å²) in [6, 6.07) is 7.37. The molecule has 1 aromatic heterocycles. The van der Waals surface area contributed by atoms with E-state index in [1.165, 1.54) is 6.26 Å². The summed E-state index contributed by atoms with van der Waals surface area (Å²) in [6.07, 6.45) is 1.52. The average molecular weight is 259 g/mol. The molecule has 2 nitrogen and oxygen atoms in total. The van der Waals surface area contributed by atoms with Crippen LogP contribution in [0.3, 0.4) is 0 Å². The van der Waals surface area contributed by atoms with E-state index in [0.29, 0.717) is 5.02 Å². The fourth-order valence-electron chi connectivity index (χ4n) is 1.05. The third-order valence-electron chi connectivity index (χ3n) is 1.64. The van der Waals surface area contributed by atoms with E-state index < -0.39 is 0 Å². The number of hydrogen-bond donors (Lipinski definition) is 0. The summed E-state index contributed by atoms with van der Waals surface area (Å²) in [4.78, 5) is 0. The molecule has 0 saturated heterocycles. The van der Waals surface area contributed by atoms with Crippen LogP contribution in [0.15, 0.2) is 39.5 Å². The molecule has 0 radical (unpaired) electrons. The maximum Gasteiger partial charge on any atom is 0.124 e. The zero-order valence-electron chi connectivity index (χ0n) is 6.50. The second-order valence-electron chi connectivity index (χ2n) is 2.51. The standard InChI is InChI=1S/C9H5BrClNO/c10-6-1-2-8(11)7(5-6)9-3-4-13-12-9/h1-5H. The number of rotatable bonds is 1. The summed E-state index contributed by atoms with van der Waals surface area (Å²) >= 11 is 9.35. The number of nitrogens with zero attached hydrogens (tertiary/aromatic N) is 1. The molecule has 4 heteroatoms. The molecule has 0 atom stereocenters. The smallest absolute Gasteiger partial charge is 0.124 e. The molecule has 2 aromatic rings. The summed E-state index contributed by atoms with van der Waals surface area (Å²) in [5.41, 5.74) is 1.61. The minimum atomic E-state index is 0.664. The molecular weight excluding hydrogens is 253 g/mol. The van der Waals surface area contributed by atoms with Crippen molar-refractivity contribution in [3.8, 4) is 11.3 Å². The molecule has 66 valence electrons. The highest BCUT2D eigenvalue weighted by Gasteiger charge is 2.06. The van der Waals surface area contributed by atoms with E-state index in [1.807, 2.05) is 18.2 Å². The molecule has 0 aliphatic carbocycles. The summed E-state index contributed by atoms with van der Waals surface area (Å²) in [5.74, 6) is 0. The van der Waals surface area contributed by atoms with Gasteiger partial charge >= 0.3 is 0 Å². The highest BCUT2D eigenvalue weighted by molar-refractivity contribution is 9.10. The van der Waals surface area contributed by atoms with Gasteiger partial charge in [0.1, 0.15) is 12.0 Å². The molecule has 1 aromatic carbocycles. The third-order valence-corrected chi connectivity index (χ3v) is 2.47. The lowest BCUT2D eigenvalue weighted by Crippen LogP contribution is -1.78. The Morgan fingerprint density at radius 1 is 1.31 bits per heavy atom. The van der Waals surface area contributed by atoms with E-state index in [2.05, 4.69) is 21.1 Å². The minimum absolute atomic E-state index is 0.664. The van der Waals surface area contributed by atoms with Crippen LogP contribution in [0.25, 0.3) is 11.3 Å². The number of benzene rings is 1. The van der Waals surface area contributed by atoms with Gasteiger partial charge in [0, 0.05) is 16.1 Å². The van der Waals surface area contributed by atoms with Crippen LogP contribution >= 0.6 is 27.5 Å². The number of aromatic nitrogens is 1. The summed E-state index contributed by atoms with van der Waals surface area (Å²) in [7, 11) is 0. The molecule has 0 fully saturated rings. The molecule has 13 heavy (non-hydrogen) atoms. The lowest BCUT2D eigenvalue weighted by atomic mass is 10.1. The van der Waals surface area contributed by atoms with Crippen molar-refractivity contribution in [1.82, 2.24) is 5.16 Å². The Bertz CT molecular complexity index is 414. The van der Waals surface area contributed by atoms with Crippen molar-refractivity contribution >= 4 is 27.5 Å². The largest absolute Gasteiger partial charge is 0.364 e. The van der Waals surface area contributed by atoms with E-state index in [4.69, 9.17) is 16.1 Å². The molecule has 0 amide bonds. The van der Waals surface area contributed by atoms with Crippen LogP contribution in [0.1, 0.15) is 0 Å². The molecule has 0 aliphatic heterocycles. The fraction of sp³-hybridized carbons (Fsp3) is 0. The Kier molecular flexibility index (Phi) is 2.38. The number of hydrogen-bond acceptors (Lipinski definition) is 2. The van der Waals surface area contributed by atoms with Crippen molar-refractivity contribution in [1.29, 1.82) is 0 Å². The third kappa shape index (κ3) is 1.76. The van der Waals surface area contributed by atoms with E-state index in [0.717, 1.165) is 15.7 Å². The van der Waals surface area contributed by atoms with Gasteiger partial charge in [-0.3, -0.25) is 0 Å². The van der Waals surface area contributed by atoms with Gasteiger partial charge in [-0.15, -0.1) is 0 Å². The van der Waals surface area contributed by atoms with Gasteiger partial charge in [0.2, 0.25) is 0 Å². The average Bonchev–Trinajstić information content (AvgIpc) is 2.61. The van der Waals surface area contributed by atoms with Crippen molar-refractivity contribution in [2.75, 3.05) is 0 Å². The monoisotopic (exact) mass is 257 g/mol. The van der Waals surface area contributed by atoms with E-state index in [9.17, 15) is 0 Å². The first-order valence-electron chi connectivity index (χ1n) is 3.63. The molecule has 1 heterocycles. The van der Waals surface area contributed by atoms with Crippen LogP contribution < -0.4 is 0 Å². The second-order valence-corrected chi connectivity index (χ2v) is 3.83. The van der Waals surface area contributed by atoms with Gasteiger partial charge in [0.15, 0.2) is 0 Å². The topological polar surface area (TPSA) is 26.0 Å². The first kappa shape index (κ1) is 8.78. The molecule has 0 unspecified atom stereocenters. The Balaban J connectivity index is 2.57. The summed E-state index contributed by atoms with van der Waals surface area (Å²) in [5, 5.41) is 4.47. The van der Waals surface area contributed by atoms with Crippen molar-refractivity contribution < 1.29 is 4.52 Å². The predicted molar refractivity (Wildman–Crippen MR) is 54.6 cm³/mol. The van der Waals surface area contributed by atoms with Crippen molar-refractivity contribution in [2.45, 2.75) is 0 Å². The van der Waals surface area contributed by atoms with Gasteiger partial charge in [-0.05, 0) is 18.2 Å². The zero-order chi connectivity index (χ0) is 9.26. The zero-order valence-corrected chi connectivity index (χ0v) is 8.84. The van der Waals surface area contributed by atoms with E-state index >= 15 is 0 Å². The molecule has 2 rings (SSSR count). The molecular formula is C9H5BrClNO. The van der Waals surface area contributed by atoms with Crippen LogP contribution in [0.5, 0.6) is 0 Å². The molecule has 0 bridgehead atoms. The van der Waals surface area contributed by atoms with Gasteiger partial charge in [-0.1, -0.05) is 32.7 Å². The first-order chi connectivity index (χ1) is 6.27. The van der Waals surface area contributed by atoms with Crippen LogP contribution in [0.4, 0.5) is 0 Å². The quantitative estimate of drug-likeness (QED) is 0.778. The van der Waals surface area contributed by atoms with Crippen LogP contribution in [0.2, 0.25) is 5.02 Å². The van der Waals surface area contributed by atoms with Gasteiger partial charge in [0.05, 0.1) is 5.02 Å². The normalized spacial score (nSPS) is 10.3.